The van der Waals surface area contributed by atoms with Gasteiger partial charge in [0.2, 0.25) is 5.88 Å². The summed E-state index contributed by atoms with van der Waals surface area (Å²) in [5, 5.41) is 19.0. The number of aromatic nitrogens is 2. The molecule has 12 heteroatoms. The van der Waals surface area contributed by atoms with E-state index in [-0.39, 0.29) is 41.1 Å². The molecule has 3 heterocycles. The van der Waals surface area contributed by atoms with E-state index in [9.17, 15) is 19.1 Å². The van der Waals surface area contributed by atoms with Crippen molar-refractivity contribution in [3.63, 3.8) is 0 Å². The maximum atomic E-state index is 14.4. The van der Waals surface area contributed by atoms with Gasteiger partial charge < -0.3 is 25.2 Å². The Bertz CT molecular complexity index is 1750. The van der Waals surface area contributed by atoms with Crippen LogP contribution in [0.3, 0.4) is 0 Å². The average Bonchev–Trinajstić information content (AvgIpc) is 3.59. The van der Waals surface area contributed by atoms with Gasteiger partial charge in [0.25, 0.3) is 11.8 Å². The zero-order valence-corrected chi connectivity index (χ0v) is 27.9. The molecule has 10 nitrogen and oxygen atoms in total. The highest BCUT2D eigenvalue weighted by Gasteiger charge is 2.27. The number of morpholine rings is 1. The molecule has 2 aromatic heterocycles. The van der Waals surface area contributed by atoms with E-state index in [0.717, 1.165) is 47.1 Å². The fraction of sp³-hybridized carbons (Fsp3) is 0.389. The van der Waals surface area contributed by atoms with Gasteiger partial charge in [-0.3, -0.25) is 14.5 Å². The van der Waals surface area contributed by atoms with E-state index < -0.39 is 11.7 Å². The van der Waals surface area contributed by atoms with Crippen LogP contribution in [0.5, 0.6) is 17.4 Å². The molecular formula is C36H40FN5O5S. The van der Waals surface area contributed by atoms with Crippen molar-refractivity contribution < 1.29 is 28.6 Å². The molecule has 48 heavy (non-hydrogen) atoms. The lowest BCUT2D eigenvalue weighted by Crippen LogP contribution is -2.44. The molecule has 0 spiro atoms. The molecule has 0 atom stereocenters. The first kappa shape index (κ1) is 33.5. The monoisotopic (exact) mass is 673 g/mol. The zero-order chi connectivity index (χ0) is 33.6. The van der Waals surface area contributed by atoms with Crippen LogP contribution in [-0.2, 0) is 11.3 Å². The number of hydrogen-bond acceptors (Lipinski definition) is 9. The van der Waals surface area contributed by atoms with Gasteiger partial charge >= 0.3 is 0 Å². The maximum Gasteiger partial charge on any atom is 0.270 e. The predicted octanol–water partition coefficient (Wildman–Crippen LogP) is 6.27. The number of rotatable bonds is 10. The largest absolute Gasteiger partial charge is 0.508 e. The Morgan fingerprint density at radius 3 is 2.48 bits per heavy atom. The summed E-state index contributed by atoms with van der Waals surface area (Å²) < 4.78 is 25.9. The van der Waals surface area contributed by atoms with Gasteiger partial charge in [-0.15, -0.1) is 11.3 Å². The van der Waals surface area contributed by atoms with Gasteiger partial charge in [0.15, 0.2) is 0 Å². The number of ether oxygens (including phenoxy) is 2. The highest BCUT2D eigenvalue weighted by molar-refractivity contribution is 7.09. The Kier molecular flexibility index (Phi) is 10.6. The number of benzene rings is 2. The number of amides is 2. The second-order valence-electron chi connectivity index (χ2n) is 12.6. The van der Waals surface area contributed by atoms with Crippen LogP contribution in [0, 0.1) is 5.82 Å². The molecule has 2 fully saturated rings. The van der Waals surface area contributed by atoms with Crippen LogP contribution in [-0.4, -0.2) is 70.2 Å². The number of pyridine rings is 1. The van der Waals surface area contributed by atoms with Crippen molar-refractivity contribution in [2.45, 2.75) is 64.1 Å². The summed E-state index contributed by atoms with van der Waals surface area (Å²) in [5.74, 6) is -0.416. The second kappa shape index (κ2) is 15.2. The van der Waals surface area contributed by atoms with Crippen molar-refractivity contribution in [3.05, 3.63) is 87.8 Å². The molecule has 0 unspecified atom stereocenters. The number of aromatic hydroxyl groups is 1. The first-order valence-electron chi connectivity index (χ1n) is 16.3. The van der Waals surface area contributed by atoms with Crippen LogP contribution >= 0.6 is 11.3 Å². The molecule has 3 N–H and O–H groups in total. The summed E-state index contributed by atoms with van der Waals surface area (Å²) in [7, 11) is 0. The number of carbonyl (C=O) groups is 2. The summed E-state index contributed by atoms with van der Waals surface area (Å²) in [6, 6.07) is 13.7. The Hall–Kier alpha value is -4.39. The van der Waals surface area contributed by atoms with Crippen molar-refractivity contribution in [2.24, 2.45) is 0 Å². The molecule has 4 aromatic rings. The number of hydrogen-bond donors (Lipinski definition) is 3. The number of nitrogens with one attached hydrogen (secondary N) is 2. The summed E-state index contributed by atoms with van der Waals surface area (Å²) >= 11 is 1.49. The third-order valence-corrected chi connectivity index (χ3v) is 9.80. The Morgan fingerprint density at radius 1 is 1.04 bits per heavy atom. The topological polar surface area (TPSA) is 126 Å². The minimum absolute atomic E-state index is 0.00189. The van der Waals surface area contributed by atoms with Crippen LogP contribution in [0.1, 0.15) is 76.9 Å². The van der Waals surface area contributed by atoms with Crippen molar-refractivity contribution >= 4 is 23.2 Å². The molecule has 6 rings (SSSR count). The Labute approximate surface area is 283 Å². The third kappa shape index (κ3) is 8.36. The minimum atomic E-state index is -0.646. The molecule has 2 aromatic carbocycles. The zero-order valence-electron chi connectivity index (χ0n) is 27.1. The number of thiazole rings is 1. The van der Waals surface area contributed by atoms with Crippen molar-refractivity contribution in [3.8, 4) is 28.5 Å². The summed E-state index contributed by atoms with van der Waals surface area (Å²) in [6.07, 6.45) is 3.73. The van der Waals surface area contributed by atoms with E-state index >= 15 is 0 Å². The molecule has 1 aliphatic heterocycles. The summed E-state index contributed by atoms with van der Waals surface area (Å²) in [6.45, 7) is 7.71. The van der Waals surface area contributed by atoms with Crippen LogP contribution in [0.2, 0.25) is 0 Å². The van der Waals surface area contributed by atoms with Gasteiger partial charge in [-0.1, -0.05) is 32.0 Å². The first-order chi connectivity index (χ1) is 23.2. The van der Waals surface area contributed by atoms with E-state index in [1.807, 2.05) is 38.1 Å². The van der Waals surface area contributed by atoms with Crippen molar-refractivity contribution in [2.75, 3.05) is 26.3 Å². The van der Waals surface area contributed by atoms with Gasteiger partial charge in [0, 0.05) is 43.0 Å². The molecule has 0 bridgehead atoms. The van der Waals surface area contributed by atoms with E-state index in [4.69, 9.17) is 9.47 Å². The molecule has 1 aliphatic carbocycles. The van der Waals surface area contributed by atoms with E-state index in [1.54, 1.807) is 23.6 Å². The molecule has 1 saturated carbocycles. The highest BCUT2D eigenvalue weighted by Crippen LogP contribution is 2.33. The maximum absolute atomic E-state index is 14.4. The number of halogens is 1. The van der Waals surface area contributed by atoms with E-state index in [1.165, 1.54) is 11.3 Å². The van der Waals surface area contributed by atoms with Crippen LogP contribution in [0.25, 0.3) is 11.1 Å². The summed E-state index contributed by atoms with van der Waals surface area (Å²) in [5.41, 5.74) is 3.20. The standard InChI is InChI=1S/C36H40FN5O5S/c1-22(2)36-41-32(21-48-36)34(45)40-27-8-6-26(7-9-27)39-33(44)31-18-25(37)19-38-35(31)47-29-5-3-4-23(17-29)30-11-10-28(43)16-24(30)20-42-12-14-46-15-13-42/h3-5,10-11,16-19,21-22,26-27,43H,6-9,12-15,20H2,1-2H3,(H,39,44)(H,40,45). The molecule has 1 saturated heterocycles. The lowest BCUT2D eigenvalue weighted by Gasteiger charge is -2.29. The molecule has 252 valence electrons. The van der Waals surface area contributed by atoms with Gasteiger partial charge in [-0.2, -0.15) is 0 Å². The Balaban J connectivity index is 1.10. The molecular weight excluding hydrogens is 633 g/mol. The van der Waals surface area contributed by atoms with E-state index in [0.29, 0.717) is 56.9 Å². The average molecular weight is 674 g/mol. The van der Waals surface area contributed by atoms with Crippen LogP contribution in [0.4, 0.5) is 4.39 Å². The highest BCUT2D eigenvalue weighted by atomic mass is 32.1. The van der Waals surface area contributed by atoms with Crippen LogP contribution < -0.4 is 15.4 Å². The van der Waals surface area contributed by atoms with Gasteiger partial charge in [0.05, 0.1) is 24.4 Å². The van der Waals surface area contributed by atoms with Crippen LogP contribution in [0.15, 0.2) is 60.1 Å². The van der Waals surface area contributed by atoms with E-state index in [2.05, 4.69) is 25.5 Å². The predicted molar refractivity (Wildman–Crippen MR) is 181 cm³/mol. The van der Waals surface area contributed by atoms with Crippen molar-refractivity contribution in [1.82, 2.24) is 25.5 Å². The third-order valence-electron chi connectivity index (χ3n) is 8.65. The quantitative estimate of drug-likeness (QED) is 0.180. The van der Waals surface area contributed by atoms with Gasteiger partial charge in [-0.05, 0) is 72.7 Å². The molecule has 2 amide bonds. The fourth-order valence-corrected chi connectivity index (χ4v) is 6.88. The molecule has 2 aliphatic rings. The minimum Gasteiger partial charge on any atom is -0.508 e. The van der Waals surface area contributed by atoms with Gasteiger partial charge in [-0.25, -0.2) is 14.4 Å². The molecule has 0 radical (unpaired) electrons. The van der Waals surface area contributed by atoms with Gasteiger partial charge in [0.1, 0.15) is 28.6 Å². The second-order valence-corrected chi connectivity index (χ2v) is 13.5. The fourth-order valence-electron chi connectivity index (χ4n) is 6.06. The normalized spacial score (nSPS) is 18.4. The number of carbonyl (C=O) groups excluding carboxylic acids is 2. The Morgan fingerprint density at radius 2 is 1.77 bits per heavy atom. The number of phenols is 1. The first-order valence-corrected chi connectivity index (χ1v) is 17.2. The lowest BCUT2D eigenvalue weighted by atomic mass is 9.91. The summed E-state index contributed by atoms with van der Waals surface area (Å²) in [4.78, 5) is 37.0. The number of phenolic OH excluding ortho intramolecular Hbond substituents is 1. The van der Waals surface area contributed by atoms with Crippen molar-refractivity contribution in [1.29, 1.82) is 0 Å². The lowest BCUT2D eigenvalue weighted by molar-refractivity contribution is 0.0342. The smallest absolute Gasteiger partial charge is 0.270 e. The number of nitrogens with zero attached hydrogens (tertiary/aromatic N) is 3. The SMILES string of the molecule is CC(C)c1nc(C(=O)NC2CCC(NC(=O)c3cc(F)cnc3Oc3cccc(-c4ccc(O)cc4CN4CCOCC4)c3)CC2)cs1.